The van der Waals surface area contributed by atoms with Crippen LogP contribution in [0.3, 0.4) is 0 Å². The third-order valence-corrected chi connectivity index (χ3v) is 2.86. The normalized spacial score (nSPS) is 10.5. The summed E-state index contributed by atoms with van der Waals surface area (Å²) in [5.41, 5.74) is 1.39. The highest BCUT2D eigenvalue weighted by atomic mass is 16.6. The summed E-state index contributed by atoms with van der Waals surface area (Å²) in [6.07, 6.45) is 0.957. The zero-order chi connectivity index (χ0) is 13.7. The highest BCUT2D eigenvalue weighted by Gasteiger charge is 2.24. The van der Waals surface area contributed by atoms with Gasteiger partial charge in [-0.25, -0.2) is 0 Å². The molecule has 100 valence electrons. The maximum absolute atomic E-state index is 11.3. The summed E-state index contributed by atoms with van der Waals surface area (Å²) in [7, 11) is 1.70. The number of nitrogens with zero attached hydrogens (tertiary/aromatic N) is 2. The second kappa shape index (κ2) is 6.23. The van der Waals surface area contributed by atoms with E-state index in [4.69, 9.17) is 0 Å². The van der Waals surface area contributed by atoms with Crippen molar-refractivity contribution in [1.82, 2.24) is 0 Å². The lowest BCUT2D eigenvalue weighted by Crippen LogP contribution is -2.32. The highest BCUT2D eigenvalue weighted by Crippen LogP contribution is 2.36. The zero-order valence-corrected chi connectivity index (χ0v) is 11.4. The first kappa shape index (κ1) is 14.3. The Kier molecular flexibility index (Phi) is 4.95. The Balaban J connectivity index is 3.32. The fraction of sp³-hybridized carbons (Fsp3) is 0.538. The molecule has 1 rings (SSSR count). The summed E-state index contributed by atoms with van der Waals surface area (Å²) in [5, 5.41) is 14.2. The molecule has 0 amide bonds. The summed E-state index contributed by atoms with van der Waals surface area (Å²) < 4.78 is 0. The van der Waals surface area contributed by atoms with Crippen LogP contribution in [-0.2, 0) is 0 Å². The summed E-state index contributed by atoms with van der Waals surface area (Å²) in [4.78, 5) is 13.0. The summed E-state index contributed by atoms with van der Waals surface area (Å²) in [5.74, 6) is 0. The van der Waals surface area contributed by atoms with Crippen molar-refractivity contribution in [1.29, 1.82) is 0 Å². The first-order chi connectivity index (χ1) is 8.52. The van der Waals surface area contributed by atoms with Crippen LogP contribution in [0.1, 0.15) is 27.2 Å². The van der Waals surface area contributed by atoms with Gasteiger partial charge in [-0.05, 0) is 32.4 Å². The Labute approximate surface area is 108 Å². The lowest BCUT2D eigenvalue weighted by Gasteiger charge is -2.28. The molecule has 0 heterocycles. The van der Waals surface area contributed by atoms with E-state index in [-0.39, 0.29) is 16.7 Å². The van der Waals surface area contributed by atoms with Crippen molar-refractivity contribution >= 4 is 17.1 Å². The zero-order valence-electron chi connectivity index (χ0n) is 11.4. The predicted octanol–water partition coefficient (Wildman–Crippen LogP) is 3.26. The van der Waals surface area contributed by atoms with Crippen molar-refractivity contribution in [2.24, 2.45) is 0 Å². The minimum atomic E-state index is -0.313. The van der Waals surface area contributed by atoms with Crippen LogP contribution in [0.2, 0.25) is 0 Å². The number of nitrogens with one attached hydrogen (secondary N) is 1. The van der Waals surface area contributed by atoms with E-state index >= 15 is 0 Å². The predicted molar refractivity (Wildman–Crippen MR) is 75.4 cm³/mol. The first-order valence-electron chi connectivity index (χ1n) is 6.24. The summed E-state index contributed by atoms with van der Waals surface area (Å²) in [6.45, 7) is 6.98. The van der Waals surface area contributed by atoms with Gasteiger partial charge >= 0.3 is 5.69 Å². The van der Waals surface area contributed by atoms with Crippen molar-refractivity contribution in [3.8, 4) is 0 Å². The summed E-state index contributed by atoms with van der Waals surface area (Å²) in [6, 6.07) is 5.62. The van der Waals surface area contributed by atoms with E-state index in [0.717, 1.165) is 13.0 Å². The molecule has 0 aliphatic carbocycles. The molecule has 5 nitrogen and oxygen atoms in total. The van der Waals surface area contributed by atoms with E-state index in [1.807, 2.05) is 26.0 Å². The van der Waals surface area contributed by atoms with E-state index in [1.165, 1.54) is 0 Å². The lowest BCUT2D eigenvalue weighted by atomic mass is 10.1. The Hall–Kier alpha value is -1.78. The van der Waals surface area contributed by atoms with Crippen molar-refractivity contribution in [2.45, 2.75) is 33.2 Å². The molecular weight excluding hydrogens is 230 g/mol. The molecule has 1 N–H and O–H groups in total. The molecule has 0 aromatic heterocycles. The summed E-state index contributed by atoms with van der Waals surface area (Å²) >= 11 is 0. The van der Waals surface area contributed by atoms with Gasteiger partial charge in [0.05, 0.1) is 4.92 Å². The second-order valence-electron chi connectivity index (χ2n) is 4.47. The molecular formula is C13H21N3O2. The molecule has 0 radical (unpaired) electrons. The monoisotopic (exact) mass is 251 g/mol. The molecule has 0 atom stereocenters. The molecule has 5 heteroatoms. The topological polar surface area (TPSA) is 58.4 Å². The van der Waals surface area contributed by atoms with Gasteiger partial charge in [0, 0.05) is 19.6 Å². The van der Waals surface area contributed by atoms with Gasteiger partial charge in [0.25, 0.3) is 0 Å². The number of rotatable bonds is 6. The Bertz CT molecular complexity index is 419. The van der Waals surface area contributed by atoms with E-state index in [1.54, 1.807) is 13.1 Å². The molecule has 0 saturated carbocycles. The highest BCUT2D eigenvalue weighted by molar-refractivity contribution is 5.77. The molecule has 0 saturated heterocycles. The van der Waals surface area contributed by atoms with Gasteiger partial charge in [-0.3, -0.25) is 10.1 Å². The van der Waals surface area contributed by atoms with E-state index < -0.39 is 0 Å². The van der Waals surface area contributed by atoms with Crippen molar-refractivity contribution in [3.63, 3.8) is 0 Å². The van der Waals surface area contributed by atoms with Gasteiger partial charge in [0.1, 0.15) is 11.4 Å². The van der Waals surface area contributed by atoms with Crippen LogP contribution in [0, 0.1) is 10.1 Å². The molecule has 0 spiro atoms. The number of hydrogen-bond donors (Lipinski definition) is 1. The van der Waals surface area contributed by atoms with Crippen molar-refractivity contribution in [2.75, 3.05) is 23.8 Å². The van der Waals surface area contributed by atoms with E-state index in [9.17, 15) is 10.1 Å². The maximum atomic E-state index is 11.3. The van der Waals surface area contributed by atoms with Crippen LogP contribution in [0.15, 0.2) is 18.2 Å². The van der Waals surface area contributed by atoms with Crippen LogP contribution in [0.25, 0.3) is 0 Å². The molecule has 0 fully saturated rings. The number of nitro groups is 1. The lowest BCUT2D eigenvalue weighted by molar-refractivity contribution is -0.383. The fourth-order valence-electron chi connectivity index (χ4n) is 2.05. The first-order valence-corrected chi connectivity index (χ1v) is 6.24. The van der Waals surface area contributed by atoms with Gasteiger partial charge < -0.3 is 10.2 Å². The molecule has 1 aromatic carbocycles. The molecule has 0 unspecified atom stereocenters. The Morgan fingerprint density at radius 2 is 2.11 bits per heavy atom. The van der Waals surface area contributed by atoms with Gasteiger partial charge in [-0.2, -0.15) is 0 Å². The standard InChI is InChI=1S/C13H21N3O2/c1-5-9-15(10(2)3)12-8-6-7-11(14-4)13(12)16(17)18/h6-8,10,14H,5,9H2,1-4H3. The Morgan fingerprint density at radius 3 is 2.56 bits per heavy atom. The third kappa shape index (κ3) is 2.91. The fourth-order valence-corrected chi connectivity index (χ4v) is 2.05. The molecule has 0 aliphatic heterocycles. The molecule has 18 heavy (non-hydrogen) atoms. The van der Waals surface area contributed by atoms with Crippen LogP contribution in [0.4, 0.5) is 17.1 Å². The number of hydrogen-bond acceptors (Lipinski definition) is 4. The second-order valence-corrected chi connectivity index (χ2v) is 4.47. The number of nitro benzene ring substituents is 1. The number of anilines is 2. The molecule has 0 bridgehead atoms. The minimum Gasteiger partial charge on any atom is -0.382 e. The average Bonchev–Trinajstić information content (AvgIpc) is 2.34. The van der Waals surface area contributed by atoms with Crippen molar-refractivity contribution in [3.05, 3.63) is 28.3 Å². The van der Waals surface area contributed by atoms with Gasteiger partial charge in [0.2, 0.25) is 0 Å². The van der Waals surface area contributed by atoms with Gasteiger partial charge in [-0.15, -0.1) is 0 Å². The minimum absolute atomic E-state index is 0.155. The van der Waals surface area contributed by atoms with Crippen molar-refractivity contribution < 1.29 is 4.92 Å². The largest absolute Gasteiger partial charge is 0.382 e. The van der Waals surface area contributed by atoms with Crippen LogP contribution in [0.5, 0.6) is 0 Å². The van der Waals surface area contributed by atoms with Crippen LogP contribution >= 0.6 is 0 Å². The number of benzene rings is 1. The third-order valence-electron chi connectivity index (χ3n) is 2.86. The molecule has 1 aromatic rings. The molecule has 0 aliphatic rings. The smallest absolute Gasteiger partial charge is 0.315 e. The van der Waals surface area contributed by atoms with Gasteiger partial charge in [-0.1, -0.05) is 13.0 Å². The number of para-hydroxylation sites is 1. The Morgan fingerprint density at radius 1 is 1.44 bits per heavy atom. The maximum Gasteiger partial charge on any atom is 0.315 e. The van der Waals surface area contributed by atoms with E-state index in [2.05, 4.69) is 17.1 Å². The van der Waals surface area contributed by atoms with E-state index in [0.29, 0.717) is 11.4 Å². The quantitative estimate of drug-likeness (QED) is 0.622. The SMILES string of the molecule is CCCN(c1cccc(NC)c1[N+](=O)[O-])C(C)C. The van der Waals surface area contributed by atoms with Crippen LogP contribution < -0.4 is 10.2 Å². The van der Waals surface area contributed by atoms with Gasteiger partial charge in [0.15, 0.2) is 0 Å². The average molecular weight is 251 g/mol. The van der Waals surface area contributed by atoms with Crippen LogP contribution in [-0.4, -0.2) is 24.6 Å².